The van der Waals surface area contributed by atoms with Gasteiger partial charge in [-0.15, -0.1) is 0 Å². The van der Waals surface area contributed by atoms with Gasteiger partial charge in [0.2, 0.25) is 0 Å². The first-order valence-corrected chi connectivity index (χ1v) is 7.09. The van der Waals surface area contributed by atoms with Crippen LogP contribution >= 0.6 is 0 Å². The van der Waals surface area contributed by atoms with E-state index in [1.807, 2.05) is 0 Å². The van der Waals surface area contributed by atoms with Crippen LogP contribution in [-0.4, -0.2) is 33.1 Å². The van der Waals surface area contributed by atoms with Crippen LogP contribution in [0.2, 0.25) is 0 Å². The van der Waals surface area contributed by atoms with Crippen molar-refractivity contribution in [2.24, 2.45) is 0 Å². The Kier molecular flexibility index (Phi) is 12.3. The van der Waals surface area contributed by atoms with Crippen LogP contribution in [0.1, 0.15) is 58.8 Å². The summed E-state index contributed by atoms with van der Waals surface area (Å²) in [5, 5.41) is 3.51. The monoisotopic (exact) mass is 245 g/mol. The summed E-state index contributed by atoms with van der Waals surface area (Å²) < 4.78 is 10.7. The van der Waals surface area contributed by atoms with E-state index in [-0.39, 0.29) is 6.29 Å². The third-order valence-electron chi connectivity index (χ3n) is 3.07. The molecule has 3 heteroatoms. The zero-order chi connectivity index (χ0) is 12.9. The summed E-state index contributed by atoms with van der Waals surface area (Å²) in [6.07, 6.45) is 8.74. The molecule has 0 aliphatic carbocycles. The Labute approximate surface area is 107 Å². The van der Waals surface area contributed by atoms with Crippen molar-refractivity contribution in [1.29, 1.82) is 0 Å². The van der Waals surface area contributed by atoms with Gasteiger partial charge < -0.3 is 14.8 Å². The SMILES string of the molecule is CCCCCCCC(NCCC)C(OC)OC. The molecule has 104 valence electrons. The van der Waals surface area contributed by atoms with Crippen molar-refractivity contribution in [2.75, 3.05) is 20.8 Å². The number of nitrogens with one attached hydrogen (secondary N) is 1. The molecule has 0 fully saturated rings. The maximum atomic E-state index is 5.35. The maximum absolute atomic E-state index is 5.35. The maximum Gasteiger partial charge on any atom is 0.171 e. The van der Waals surface area contributed by atoms with Crippen molar-refractivity contribution in [3.8, 4) is 0 Å². The Morgan fingerprint density at radius 1 is 0.882 bits per heavy atom. The quantitative estimate of drug-likeness (QED) is 0.422. The van der Waals surface area contributed by atoms with Crippen molar-refractivity contribution < 1.29 is 9.47 Å². The fourth-order valence-electron chi connectivity index (χ4n) is 2.06. The van der Waals surface area contributed by atoms with Gasteiger partial charge in [-0.25, -0.2) is 0 Å². The molecule has 0 spiro atoms. The molecule has 0 aromatic carbocycles. The molecule has 0 aliphatic heterocycles. The molecule has 0 saturated heterocycles. The summed E-state index contributed by atoms with van der Waals surface area (Å²) in [4.78, 5) is 0. The summed E-state index contributed by atoms with van der Waals surface area (Å²) in [5.74, 6) is 0. The van der Waals surface area contributed by atoms with Gasteiger partial charge >= 0.3 is 0 Å². The summed E-state index contributed by atoms with van der Waals surface area (Å²) in [6, 6.07) is 0.326. The predicted molar refractivity (Wildman–Crippen MR) is 73.3 cm³/mol. The molecular weight excluding hydrogens is 214 g/mol. The fourth-order valence-corrected chi connectivity index (χ4v) is 2.06. The highest BCUT2D eigenvalue weighted by Gasteiger charge is 2.19. The van der Waals surface area contributed by atoms with Gasteiger partial charge in [-0.1, -0.05) is 46.0 Å². The summed E-state index contributed by atoms with van der Waals surface area (Å²) in [6.45, 7) is 5.46. The minimum atomic E-state index is -0.118. The van der Waals surface area contributed by atoms with E-state index in [2.05, 4.69) is 19.2 Å². The van der Waals surface area contributed by atoms with Crippen LogP contribution < -0.4 is 5.32 Å². The summed E-state index contributed by atoms with van der Waals surface area (Å²) in [7, 11) is 3.43. The lowest BCUT2D eigenvalue weighted by Crippen LogP contribution is -2.42. The Morgan fingerprint density at radius 3 is 2.06 bits per heavy atom. The molecule has 0 bridgehead atoms. The Morgan fingerprint density at radius 2 is 1.53 bits per heavy atom. The molecule has 0 heterocycles. The van der Waals surface area contributed by atoms with Crippen molar-refractivity contribution >= 4 is 0 Å². The Balaban J connectivity index is 3.83. The lowest BCUT2D eigenvalue weighted by Gasteiger charge is -2.25. The molecule has 0 aromatic rings. The van der Waals surface area contributed by atoms with Crippen molar-refractivity contribution in [3.05, 3.63) is 0 Å². The van der Waals surface area contributed by atoms with E-state index < -0.39 is 0 Å². The first kappa shape index (κ1) is 16.9. The first-order valence-electron chi connectivity index (χ1n) is 7.09. The lowest BCUT2D eigenvalue weighted by molar-refractivity contribution is -0.124. The molecule has 1 unspecified atom stereocenters. The van der Waals surface area contributed by atoms with Crippen LogP contribution in [-0.2, 0) is 9.47 Å². The zero-order valence-electron chi connectivity index (χ0n) is 12.1. The van der Waals surface area contributed by atoms with E-state index in [1.165, 1.54) is 32.1 Å². The number of methoxy groups -OCH3 is 2. The molecule has 0 amide bonds. The van der Waals surface area contributed by atoms with Gasteiger partial charge in [0, 0.05) is 14.2 Å². The van der Waals surface area contributed by atoms with E-state index in [1.54, 1.807) is 14.2 Å². The second kappa shape index (κ2) is 12.3. The van der Waals surface area contributed by atoms with Crippen LogP contribution in [0.4, 0.5) is 0 Å². The number of hydrogen-bond donors (Lipinski definition) is 1. The van der Waals surface area contributed by atoms with Crippen molar-refractivity contribution in [3.63, 3.8) is 0 Å². The van der Waals surface area contributed by atoms with E-state index in [9.17, 15) is 0 Å². The van der Waals surface area contributed by atoms with Gasteiger partial charge in [-0.3, -0.25) is 0 Å². The molecule has 3 nitrogen and oxygen atoms in total. The molecule has 1 atom stereocenters. The average molecular weight is 245 g/mol. The highest BCUT2D eigenvalue weighted by Crippen LogP contribution is 2.11. The normalized spacial score (nSPS) is 13.2. The minimum absolute atomic E-state index is 0.118. The second-order valence-electron chi connectivity index (χ2n) is 4.60. The Hall–Kier alpha value is -0.120. The van der Waals surface area contributed by atoms with E-state index >= 15 is 0 Å². The van der Waals surface area contributed by atoms with Crippen LogP contribution in [0.25, 0.3) is 0 Å². The van der Waals surface area contributed by atoms with Gasteiger partial charge in [-0.2, -0.15) is 0 Å². The van der Waals surface area contributed by atoms with Gasteiger partial charge in [0.1, 0.15) is 0 Å². The molecule has 0 rings (SSSR count). The van der Waals surface area contributed by atoms with Gasteiger partial charge in [-0.05, 0) is 19.4 Å². The molecule has 0 saturated carbocycles. The van der Waals surface area contributed by atoms with Crippen LogP contribution in [0.3, 0.4) is 0 Å². The molecule has 1 N–H and O–H groups in total. The predicted octanol–water partition coefficient (Wildman–Crippen LogP) is 3.33. The summed E-state index contributed by atoms with van der Waals surface area (Å²) >= 11 is 0. The van der Waals surface area contributed by atoms with Crippen molar-refractivity contribution in [1.82, 2.24) is 5.32 Å². The topological polar surface area (TPSA) is 30.5 Å². The third kappa shape index (κ3) is 8.58. The Bertz CT molecular complexity index is 149. The smallest absolute Gasteiger partial charge is 0.171 e. The number of ether oxygens (including phenoxy) is 2. The average Bonchev–Trinajstić information content (AvgIpc) is 2.36. The minimum Gasteiger partial charge on any atom is -0.354 e. The zero-order valence-corrected chi connectivity index (χ0v) is 12.1. The van der Waals surface area contributed by atoms with E-state index in [0.717, 1.165) is 19.4 Å². The van der Waals surface area contributed by atoms with Gasteiger partial charge in [0.25, 0.3) is 0 Å². The van der Waals surface area contributed by atoms with Crippen LogP contribution in [0.15, 0.2) is 0 Å². The molecular formula is C14H31NO2. The van der Waals surface area contributed by atoms with Gasteiger partial charge in [0.05, 0.1) is 6.04 Å². The van der Waals surface area contributed by atoms with Crippen LogP contribution in [0.5, 0.6) is 0 Å². The second-order valence-corrected chi connectivity index (χ2v) is 4.60. The molecule has 0 aliphatic rings. The van der Waals surface area contributed by atoms with Crippen molar-refractivity contribution in [2.45, 2.75) is 71.1 Å². The highest BCUT2D eigenvalue weighted by molar-refractivity contribution is 4.70. The lowest BCUT2D eigenvalue weighted by atomic mass is 10.1. The highest BCUT2D eigenvalue weighted by atomic mass is 16.7. The fraction of sp³-hybridized carbons (Fsp3) is 1.00. The molecule has 0 aromatic heterocycles. The standard InChI is InChI=1S/C14H31NO2/c1-5-7-8-9-10-11-13(15-12-6-2)14(16-3)17-4/h13-15H,5-12H2,1-4H3. The molecule has 0 radical (unpaired) electrons. The van der Waals surface area contributed by atoms with E-state index in [4.69, 9.17) is 9.47 Å². The van der Waals surface area contributed by atoms with E-state index in [0.29, 0.717) is 6.04 Å². The van der Waals surface area contributed by atoms with Gasteiger partial charge in [0.15, 0.2) is 6.29 Å². The summed E-state index contributed by atoms with van der Waals surface area (Å²) in [5.41, 5.74) is 0. The van der Waals surface area contributed by atoms with Crippen LogP contribution in [0, 0.1) is 0 Å². The largest absolute Gasteiger partial charge is 0.354 e. The number of hydrogen-bond acceptors (Lipinski definition) is 3. The third-order valence-corrected chi connectivity index (χ3v) is 3.07. The first-order chi connectivity index (χ1) is 8.29. The number of unbranched alkanes of at least 4 members (excludes halogenated alkanes) is 4. The molecule has 17 heavy (non-hydrogen) atoms. The number of rotatable bonds is 12.